The summed E-state index contributed by atoms with van der Waals surface area (Å²) in [6.07, 6.45) is 4.70. The van der Waals surface area contributed by atoms with Crippen LogP contribution in [0.15, 0.2) is 36.2 Å². The number of carbonyl (C=O) groups is 1. The van der Waals surface area contributed by atoms with Gasteiger partial charge in [-0.1, -0.05) is 20.8 Å². The molecule has 0 atom stereocenters. The van der Waals surface area contributed by atoms with Crippen LogP contribution in [-0.4, -0.2) is 34.2 Å². The molecule has 164 valence electrons. The van der Waals surface area contributed by atoms with Gasteiger partial charge in [0.15, 0.2) is 19.1 Å². The highest BCUT2D eigenvalue weighted by atomic mass is 32.1. The summed E-state index contributed by atoms with van der Waals surface area (Å²) in [7, 11) is -1.87. The molecule has 0 aliphatic carbocycles. The highest BCUT2D eigenvalue weighted by Gasteiger charge is 2.37. The lowest BCUT2D eigenvalue weighted by Crippen LogP contribution is -2.40. The van der Waals surface area contributed by atoms with Gasteiger partial charge in [0.25, 0.3) is 5.91 Å². The van der Waals surface area contributed by atoms with Crippen molar-refractivity contribution in [2.45, 2.75) is 52.4 Å². The van der Waals surface area contributed by atoms with E-state index in [4.69, 9.17) is 4.43 Å². The minimum atomic E-state index is -1.87. The second kappa shape index (κ2) is 9.21. The highest BCUT2D eigenvalue weighted by Crippen LogP contribution is 2.37. The fourth-order valence-corrected chi connectivity index (χ4v) is 4.04. The van der Waals surface area contributed by atoms with Gasteiger partial charge in [-0.25, -0.2) is 19.9 Å². The number of hydrogen-bond donors (Lipinski definition) is 2. The predicted octanol–water partition coefficient (Wildman–Crippen LogP) is 5.15. The number of rotatable bonds is 7. The largest absolute Gasteiger partial charge is 0.411 e. The maximum atomic E-state index is 12.9. The van der Waals surface area contributed by atoms with E-state index in [0.717, 1.165) is 11.4 Å². The Kier molecular flexibility index (Phi) is 6.82. The molecule has 0 unspecified atom stereocenters. The van der Waals surface area contributed by atoms with E-state index in [2.05, 4.69) is 64.4 Å². The number of amides is 1. The van der Waals surface area contributed by atoms with E-state index >= 15 is 0 Å². The van der Waals surface area contributed by atoms with Crippen LogP contribution in [0.1, 0.15) is 42.6 Å². The molecule has 0 bridgehead atoms. The van der Waals surface area contributed by atoms with Crippen LogP contribution in [0.3, 0.4) is 0 Å². The minimum Gasteiger partial charge on any atom is -0.411 e. The van der Waals surface area contributed by atoms with Crippen molar-refractivity contribution in [2.24, 2.45) is 0 Å². The fourth-order valence-electron chi connectivity index (χ4n) is 2.41. The van der Waals surface area contributed by atoms with Gasteiger partial charge in [-0.3, -0.25) is 10.1 Å². The maximum Gasteiger partial charge on any atom is 0.278 e. The maximum absolute atomic E-state index is 12.9. The average molecular weight is 457 g/mol. The monoisotopic (exact) mass is 456 g/mol. The lowest BCUT2D eigenvalue weighted by atomic mass is 10.2. The van der Waals surface area contributed by atoms with E-state index in [1.165, 1.54) is 17.7 Å². The average Bonchev–Trinajstić information content (AvgIpc) is 3.15. The van der Waals surface area contributed by atoms with Crippen LogP contribution in [0.2, 0.25) is 18.1 Å². The third-order valence-corrected chi connectivity index (χ3v) is 10.5. The van der Waals surface area contributed by atoms with Gasteiger partial charge >= 0.3 is 0 Å². The van der Waals surface area contributed by atoms with E-state index in [1.807, 2.05) is 24.4 Å². The molecule has 0 saturated carbocycles. The van der Waals surface area contributed by atoms with Gasteiger partial charge in [0.05, 0.1) is 36.1 Å². The molecular formula is C21H28N6O2SSi. The molecule has 8 nitrogen and oxygen atoms in total. The van der Waals surface area contributed by atoms with Crippen LogP contribution in [0.5, 0.6) is 0 Å². The summed E-state index contributed by atoms with van der Waals surface area (Å²) in [6.45, 7) is 13.3. The molecule has 1 amide bonds. The molecule has 0 radical (unpaired) electrons. The van der Waals surface area contributed by atoms with E-state index in [0.29, 0.717) is 23.1 Å². The van der Waals surface area contributed by atoms with Gasteiger partial charge in [0, 0.05) is 11.1 Å². The summed E-state index contributed by atoms with van der Waals surface area (Å²) >= 11 is 1.37. The lowest BCUT2D eigenvalue weighted by Gasteiger charge is -2.35. The molecule has 2 N–H and O–H groups in total. The Hall–Kier alpha value is -2.69. The van der Waals surface area contributed by atoms with Crippen LogP contribution in [-0.2, 0) is 11.0 Å². The summed E-state index contributed by atoms with van der Waals surface area (Å²) in [6, 6.07) is 3.65. The summed E-state index contributed by atoms with van der Waals surface area (Å²) < 4.78 is 6.22. The number of hydrogen-bond acceptors (Lipinski definition) is 8. The molecule has 0 spiro atoms. The fraction of sp³-hybridized carbons (Fsp3) is 0.381. The summed E-state index contributed by atoms with van der Waals surface area (Å²) in [5.74, 6) is -0.339. The number of aryl methyl sites for hydroxylation is 1. The van der Waals surface area contributed by atoms with Crippen molar-refractivity contribution in [1.29, 1.82) is 0 Å². The Balaban J connectivity index is 1.70. The molecule has 0 fully saturated rings. The van der Waals surface area contributed by atoms with Crippen LogP contribution < -0.4 is 10.6 Å². The predicted molar refractivity (Wildman–Crippen MR) is 126 cm³/mol. The molecule has 10 heteroatoms. The molecule has 0 aromatic carbocycles. The topological polar surface area (TPSA) is 102 Å². The van der Waals surface area contributed by atoms with E-state index in [9.17, 15) is 4.79 Å². The first-order valence-electron chi connectivity index (χ1n) is 9.94. The Morgan fingerprint density at radius 2 is 1.87 bits per heavy atom. The van der Waals surface area contributed by atoms with Crippen molar-refractivity contribution in [3.05, 3.63) is 53.3 Å². The van der Waals surface area contributed by atoms with Gasteiger partial charge in [-0.2, -0.15) is 0 Å². The summed E-state index contributed by atoms with van der Waals surface area (Å²) in [5.41, 5.74) is 3.06. The molecule has 3 rings (SSSR count). The third kappa shape index (κ3) is 5.93. The number of thiazole rings is 1. The molecule has 31 heavy (non-hydrogen) atoms. The number of aromatic nitrogens is 4. The van der Waals surface area contributed by atoms with Crippen LogP contribution >= 0.6 is 11.3 Å². The van der Waals surface area contributed by atoms with Crippen molar-refractivity contribution in [3.63, 3.8) is 0 Å². The second-order valence-electron chi connectivity index (χ2n) is 8.75. The first-order chi connectivity index (χ1) is 14.5. The van der Waals surface area contributed by atoms with Crippen molar-refractivity contribution in [1.82, 2.24) is 19.9 Å². The number of carbonyl (C=O) groups excluding carboxylic acids is 1. The van der Waals surface area contributed by atoms with E-state index in [-0.39, 0.29) is 16.6 Å². The van der Waals surface area contributed by atoms with Gasteiger partial charge in [-0.15, -0.1) is 11.3 Å². The van der Waals surface area contributed by atoms with Crippen molar-refractivity contribution in [2.75, 3.05) is 10.6 Å². The number of pyridine rings is 1. The number of nitrogens with zero attached hydrogens (tertiary/aromatic N) is 4. The van der Waals surface area contributed by atoms with Crippen LogP contribution in [0.4, 0.5) is 16.5 Å². The van der Waals surface area contributed by atoms with Crippen molar-refractivity contribution < 1.29 is 9.22 Å². The van der Waals surface area contributed by atoms with Crippen LogP contribution in [0, 0.1) is 6.92 Å². The Morgan fingerprint density at radius 3 is 2.55 bits per heavy atom. The smallest absolute Gasteiger partial charge is 0.278 e. The van der Waals surface area contributed by atoms with Crippen LogP contribution in [0.25, 0.3) is 0 Å². The zero-order valence-corrected chi connectivity index (χ0v) is 20.5. The SMILES string of the molecule is Cc1ccc(Nc2cncnc2)c(C(=O)Nc2nc(CO[Si](C)(C)C(C)(C)C)cs2)n1. The molecule has 0 saturated heterocycles. The zero-order valence-electron chi connectivity index (χ0n) is 18.7. The van der Waals surface area contributed by atoms with Crippen molar-refractivity contribution in [3.8, 4) is 0 Å². The molecule has 0 aliphatic rings. The molecule has 3 aromatic rings. The van der Waals surface area contributed by atoms with E-state index in [1.54, 1.807) is 12.4 Å². The normalized spacial score (nSPS) is 11.9. The van der Waals surface area contributed by atoms with Gasteiger partial charge < -0.3 is 9.74 Å². The quantitative estimate of drug-likeness (QED) is 0.474. The van der Waals surface area contributed by atoms with Crippen molar-refractivity contribution >= 4 is 42.1 Å². The first-order valence-corrected chi connectivity index (χ1v) is 13.7. The van der Waals surface area contributed by atoms with Gasteiger partial charge in [0.2, 0.25) is 0 Å². The third-order valence-electron chi connectivity index (χ3n) is 5.25. The lowest BCUT2D eigenvalue weighted by molar-refractivity contribution is 0.102. The zero-order chi connectivity index (χ0) is 22.6. The highest BCUT2D eigenvalue weighted by molar-refractivity contribution is 7.14. The van der Waals surface area contributed by atoms with E-state index < -0.39 is 8.32 Å². The van der Waals surface area contributed by atoms with Gasteiger partial charge in [-0.05, 0) is 37.2 Å². The Morgan fingerprint density at radius 1 is 1.16 bits per heavy atom. The minimum absolute atomic E-state index is 0.129. The molecular weight excluding hydrogens is 428 g/mol. The Bertz CT molecular complexity index is 1050. The standard InChI is InChI=1S/C21H28N6O2SSi/c1-14-7-8-17(25-15-9-22-13-23-10-15)18(24-14)19(28)27-20-26-16(12-30-20)11-29-31(5,6)21(2,3)4/h7-10,12-13,25H,11H2,1-6H3,(H,26,27,28). The summed E-state index contributed by atoms with van der Waals surface area (Å²) in [4.78, 5) is 29.8. The first kappa shape index (κ1) is 23.0. The van der Waals surface area contributed by atoms with Gasteiger partial charge in [0.1, 0.15) is 6.33 Å². The number of anilines is 3. The summed E-state index contributed by atoms with van der Waals surface area (Å²) in [5, 5.41) is 8.54. The number of nitrogens with one attached hydrogen (secondary N) is 2. The molecule has 3 heterocycles. The second-order valence-corrected chi connectivity index (χ2v) is 14.4. The molecule has 0 aliphatic heterocycles. The molecule has 3 aromatic heterocycles. The Labute approximate surface area is 187 Å².